The van der Waals surface area contributed by atoms with Crippen LogP contribution in [-0.2, 0) is 16.0 Å². The number of esters is 1. The average molecular weight is 278 g/mol. The molecule has 108 valence electrons. The molecule has 0 saturated carbocycles. The van der Waals surface area contributed by atoms with Gasteiger partial charge in [0, 0.05) is 11.1 Å². The highest BCUT2D eigenvalue weighted by molar-refractivity contribution is 6.10. The first-order valence-corrected chi connectivity index (χ1v) is 6.50. The molecule has 0 aliphatic heterocycles. The third-order valence-electron chi connectivity index (χ3n) is 3.64. The zero-order valence-electron chi connectivity index (χ0n) is 11.9. The predicted molar refractivity (Wildman–Crippen MR) is 72.3 cm³/mol. The number of ether oxygens (including phenoxy) is 3. The Morgan fingerprint density at radius 3 is 2.55 bits per heavy atom. The van der Waals surface area contributed by atoms with Gasteiger partial charge in [0.15, 0.2) is 17.3 Å². The second-order valence-corrected chi connectivity index (χ2v) is 4.66. The van der Waals surface area contributed by atoms with Crippen molar-refractivity contribution in [3.8, 4) is 11.5 Å². The van der Waals surface area contributed by atoms with Gasteiger partial charge in [-0.05, 0) is 31.4 Å². The quantitative estimate of drug-likeness (QED) is 0.481. The summed E-state index contributed by atoms with van der Waals surface area (Å²) in [7, 11) is 4.40. The van der Waals surface area contributed by atoms with Crippen LogP contribution in [-0.4, -0.2) is 33.1 Å². The van der Waals surface area contributed by atoms with Crippen molar-refractivity contribution < 1.29 is 23.8 Å². The van der Waals surface area contributed by atoms with Crippen molar-refractivity contribution in [1.82, 2.24) is 0 Å². The van der Waals surface area contributed by atoms with E-state index in [1.54, 1.807) is 26.4 Å². The highest BCUT2D eigenvalue weighted by Crippen LogP contribution is 2.37. The molecule has 1 aliphatic rings. The molecule has 0 saturated heterocycles. The zero-order valence-corrected chi connectivity index (χ0v) is 11.9. The summed E-state index contributed by atoms with van der Waals surface area (Å²) in [6.07, 6.45) is 1.89. The molecule has 2 rings (SSSR count). The van der Waals surface area contributed by atoms with Crippen LogP contribution in [0.1, 0.15) is 28.8 Å². The molecule has 5 nitrogen and oxygen atoms in total. The van der Waals surface area contributed by atoms with Crippen molar-refractivity contribution in [2.45, 2.75) is 19.3 Å². The monoisotopic (exact) mass is 278 g/mol. The molecular weight excluding hydrogens is 260 g/mol. The predicted octanol–water partition coefficient (Wildman–Crippen LogP) is 2.01. The Balaban J connectivity index is 2.51. The Kier molecular flexibility index (Phi) is 4.27. The Labute approximate surface area is 117 Å². The molecule has 0 amide bonds. The lowest BCUT2D eigenvalue weighted by atomic mass is 9.94. The molecule has 20 heavy (non-hydrogen) atoms. The van der Waals surface area contributed by atoms with Gasteiger partial charge in [-0.3, -0.25) is 9.59 Å². The Morgan fingerprint density at radius 1 is 1.20 bits per heavy atom. The number of methoxy groups -OCH3 is 3. The first-order valence-electron chi connectivity index (χ1n) is 6.50. The fourth-order valence-electron chi connectivity index (χ4n) is 2.64. The van der Waals surface area contributed by atoms with Gasteiger partial charge >= 0.3 is 5.97 Å². The first kappa shape index (κ1) is 14.4. The summed E-state index contributed by atoms with van der Waals surface area (Å²) in [5.74, 6) is -0.235. The number of hydrogen-bond acceptors (Lipinski definition) is 5. The van der Waals surface area contributed by atoms with Crippen LogP contribution < -0.4 is 9.47 Å². The highest BCUT2D eigenvalue weighted by atomic mass is 16.5. The van der Waals surface area contributed by atoms with Crippen molar-refractivity contribution in [1.29, 1.82) is 0 Å². The van der Waals surface area contributed by atoms with E-state index in [0.29, 0.717) is 29.9 Å². The Morgan fingerprint density at radius 2 is 1.95 bits per heavy atom. The summed E-state index contributed by atoms with van der Waals surface area (Å²) < 4.78 is 15.3. The minimum absolute atomic E-state index is 0.203. The van der Waals surface area contributed by atoms with Gasteiger partial charge in [-0.15, -0.1) is 0 Å². The maximum atomic E-state index is 12.5. The van der Waals surface area contributed by atoms with Crippen LogP contribution >= 0.6 is 0 Å². The van der Waals surface area contributed by atoms with Gasteiger partial charge in [-0.1, -0.05) is 0 Å². The van der Waals surface area contributed by atoms with Crippen LogP contribution in [0.25, 0.3) is 0 Å². The van der Waals surface area contributed by atoms with Gasteiger partial charge in [0.2, 0.25) is 0 Å². The summed E-state index contributed by atoms with van der Waals surface area (Å²) in [6.45, 7) is 0. The van der Waals surface area contributed by atoms with Crippen LogP contribution in [0.15, 0.2) is 12.1 Å². The molecule has 1 aromatic rings. The highest BCUT2D eigenvalue weighted by Gasteiger charge is 2.33. The molecule has 0 heterocycles. The molecule has 0 aromatic heterocycles. The van der Waals surface area contributed by atoms with E-state index >= 15 is 0 Å². The molecule has 0 N–H and O–H groups in total. The number of carbonyl (C=O) groups excluding carboxylic acids is 2. The Bertz CT molecular complexity index is 535. The molecule has 1 atom stereocenters. The molecule has 1 aromatic carbocycles. The van der Waals surface area contributed by atoms with Crippen molar-refractivity contribution in [2.75, 3.05) is 21.3 Å². The molecular formula is C15H18O5. The number of carbonyl (C=O) groups is 2. The number of hydrogen-bond donors (Lipinski definition) is 0. The van der Waals surface area contributed by atoms with Crippen molar-refractivity contribution in [3.05, 3.63) is 23.3 Å². The van der Waals surface area contributed by atoms with Gasteiger partial charge < -0.3 is 14.2 Å². The van der Waals surface area contributed by atoms with Crippen molar-refractivity contribution in [2.24, 2.45) is 5.92 Å². The number of benzene rings is 1. The maximum Gasteiger partial charge on any atom is 0.316 e. The molecule has 5 heteroatoms. The van der Waals surface area contributed by atoms with Crippen LogP contribution in [0.4, 0.5) is 0 Å². The first-order chi connectivity index (χ1) is 9.63. The van der Waals surface area contributed by atoms with Gasteiger partial charge in [-0.2, -0.15) is 0 Å². The Hall–Kier alpha value is -2.04. The number of fused-ring (bicyclic) bond motifs is 1. The average Bonchev–Trinajstić information content (AvgIpc) is 2.64. The summed E-state index contributed by atoms with van der Waals surface area (Å²) >= 11 is 0. The van der Waals surface area contributed by atoms with Gasteiger partial charge in [-0.25, -0.2) is 0 Å². The fourth-order valence-corrected chi connectivity index (χ4v) is 2.64. The van der Waals surface area contributed by atoms with E-state index in [1.165, 1.54) is 7.11 Å². The summed E-state index contributed by atoms with van der Waals surface area (Å²) in [5, 5.41) is 0. The van der Waals surface area contributed by atoms with E-state index in [0.717, 1.165) is 12.0 Å². The molecule has 0 radical (unpaired) electrons. The van der Waals surface area contributed by atoms with E-state index in [9.17, 15) is 9.59 Å². The third kappa shape index (κ3) is 2.35. The van der Waals surface area contributed by atoms with Crippen molar-refractivity contribution >= 4 is 11.8 Å². The molecule has 0 spiro atoms. The molecule has 0 fully saturated rings. The second kappa shape index (κ2) is 5.94. The lowest BCUT2D eigenvalue weighted by Crippen LogP contribution is -2.24. The maximum absolute atomic E-state index is 12.5. The largest absolute Gasteiger partial charge is 0.493 e. The summed E-state index contributed by atoms with van der Waals surface area (Å²) in [6, 6.07) is 3.38. The third-order valence-corrected chi connectivity index (χ3v) is 3.64. The standard InChI is InChI=1S/C15H18O5/c1-18-12-8-7-9-10(14(12)19-2)5-4-6-11(13(9)16)15(17)20-3/h7-8,11H,4-6H2,1-3H3. The topological polar surface area (TPSA) is 61.8 Å². The molecule has 1 aliphatic carbocycles. The smallest absolute Gasteiger partial charge is 0.316 e. The van der Waals surface area contributed by atoms with E-state index < -0.39 is 11.9 Å². The van der Waals surface area contributed by atoms with E-state index in [-0.39, 0.29) is 5.78 Å². The van der Waals surface area contributed by atoms with Gasteiger partial charge in [0.25, 0.3) is 0 Å². The lowest BCUT2D eigenvalue weighted by molar-refractivity contribution is -0.143. The van der Waals surface area contributed by atoms with E-state index in [4.69, 9.17) is 14.2 Å². The van der Waals surface area contributed by atoms with E-state index in [2.05, 4.69) is 0 Å². The number of ketones is 1. The second-order valence-electron chi connectivity index (χ2n) is 4.66. The van der Waals surface area contributed by atoms with E-state index in [1.807, 2.05) is 0 Å². The van der Waals surface area contributed by atoms with Crippen molar-refractivity contribution in [3.63, 3.8) is 0 Å². The fraction of sp³-hybridized carbons (Fsp3) is 0.467. The lowest BCUT2D eigenvalue weighted by Gasteiger charge is -2.15. The summed E-state index contributed by atoms with van der Waals surface area (Å²) in [4.78, 5) is 24.2. The van der Waals surface area contributed by atoms with Gasteiger partial charge in [0.1, 0.15) is 5.92 Å². The normalized spacial score (nSPS) is 17.9. The summed E-state index contributed by atoms with van der Waals surface area (Å²) in [5.41, 5.74) is 1.33. The number of rotatable bonds is 3. The van der Waals surface area contributed by atoms with Crippen LogP contribution in [0.5, 0.6) is 11.5 Å². The molecule has 1 unspecified atom stereocenters. The minimum atomic E-state index is -0.723. The van der Waals surface area contributed by atoms with Crippen LogP contribution in [0, 0.1) is 5.92 Å². The van der Waals surface area contributed by atoms with Crippen LogP contribution in [0.2, 0.25) is 0 Å². The van der Waals surface area contributed by atoms with Gasteiger partial charge in [0.05, 0.1) is 21.3 Å². The molecule has 0 bridgehead atoms. The zero-order chi connectivity index (χ0) is 14.7. The minimum Gasteiger partial charge on any atom is -0.493 e. The van der Waals surface area contributed by atoms with Crippen LogP contribution in [0.3, 0.4) is 0 Å². The SMILES string of the molecule is COC(=O)C1CCCc2c(ccc(OC)c2OC)C1=O. The number of Topliss-reactive ketones (excluding diaryl/α,β-unsaturated/α-hetero) is 1.